The van der Waals surface area contributed by atoms with Gasteiger partial charge in [0.2, 0.25) is 5.76 Å². The van der Waals surface area contributed by atoms with Crippen LogP contribution in [-0.2, 0) is 14.3 Å². The smallest absolute Gasteiger partial charge is 0.289 e. The second-order valence-electron chi connectivity index (χ2n) is 5.62. The van der Waals surface area contributed by atoms with Crippen molar-refractivity contribution in [3.05, 3.63) is 83.8 Å². The maximum Gasteiger partial charge on any atom is 0.289 e. The molecule has 0 aliphatic carbocycles. The molecule has 0 spiro atoms. The van der Waals surface area contributed by atoms with Gasteiger partial charge >= 0.3 is 0 Å². The number of hydrogen-bond donors (Lipinski definition) is 1. The van der Waals surface area contributed by atoms with Crippen LogP contribution in [0.2, 0.25) is 0 Å². The number of carbonyl (C=O) groups is 1. The van der Waals surface area contributed by atoms with E-state index in [1.807, 2.05) is 36.4 Å². The summed E-state index contributed by atoms with van der Waals surface area (Å²) < 4.78 is 10.4. The molecule has 0 saturated heterocycles. The third-order valence-corrected chi connectivity index (χ3v) is 4.00. The molecule has 0 radical (unpaired) electrons. The molecular weight excluding hydrogens is 302 g/mol. The molecule has 124 valence electrons. The van der Waals surface area contributed by atoms with Gasteiger partial charge in [-0.25, -0.2) is 0 Å². The fraction of sp³-hybridized carbons (Fsp3) is 0.250. The molecule has 1 aliphatic heterocycles. The summed E-state index contributed by atoms with van der Waals surface area (Å²) >= 11 is 0. The van der Waals surface area contributed by atoms with Crippen LogP contribution in [-0.4, -0.2) is 25.7 Å². The fourth-order valence-electron chi connectivity index (χ4n) is 2.80. The van der Waals surface area contributed by atoms with Crippen molar-refractivity contribution in [3.63, 3.8) is 0 Å². The minimum atomic E-state index is -0.227. The van der Waals surface area contributed by atoms with Crippen molar-refractivity contribution in [2.75, 3.05) is 19.8 Å². The first-order chi connectivity index (χ1) is 11.8. The highest BCUT2D eigenvalue weighted by atomic mass is 16.6. The van der Waals surface area contributed by atoms with Crippen LogP contribution in [0.15, 0.2) is 72.7 Å². The molecule has 0 atom stereocenters. The van der Waals surface area contributed by atoms with Crippen molar-refractivity contribution < 1.29 is 14.3 Å². The van der Waals surface area contributed by atoms with E-state index in [1.165, 1.54) is 17.4 Å². The number of rotatable bonds is 6. The highest BCUT2D eigenvalue weighted by Crippen LogP contribution is 2.27. The lowest BCUT2D eigenvalue weighted by molar-refractivity contribution is -0.122. The number of nitrogens with one attached hydrogen (secondary N) is 1. The molecule has 4 nitrogen and oxygen atoms in total. The molecule has 0 unspecified atom stereocenters. The lowest BCUT2D eigenvalue weighted by Crippen LogP contribution is -2.30. The molecule has 4 heteroatoms. The Morgan fingerprint density at radius 3 is 2.12 bits per heavy atom. The second kappa shape index (κ2) is 8.20. The van der Waals surface area contributed by atoms with Gasteiger partial charge in [0.15, 0.2) is 0 Å². The molecule has 24 heavy (non-hydrogen) atoms. The van der Waals surface area contributed by atoms with Crippen LogP contribution >= 0.6 is 0 Å². The van der Waals surface area contributed by atoms with Gasteiger partial charge in [-0.2, -0.15) is 0 Å². The van der Waals surface area contributed by atoms with Crippen molar-refractivity contribution >= 4 is 5.91 Å². The molecule has 0 bridgehead atoms. The first-order valence-corrected chi connectivity index (χ1v) is 8.17. The summed E-state index contributed by atoms with van der Waals surface area (Å²) in [4.78, 5) is 12.1. The molecule has 1 amide bonds. The summed E-state index contributed by atoms with van der Waals surface area (Å²) in [5, 5.41) is 2.91. The average molecular weight is 323 g/mol. The van der Waals surface area contributed by atoms with E-state index in [-0.39, 0.29) is 17.6 Å². The zero-order chi connectivity index (χ0) is 16.6. The van der Waals surface area contributed by atoms with Gasteiger partial charge in [0.25, 0.3) is 5.91 Å². The summed E-state index contributed by atoms with van der Waals surface area (Å²) in [6.07, 6.45) is 2.19. The van der Waals surface area contributed by atoms with Crippen LogP contribution in [0.1, 0.15) is 23.5 Å². The first-order valence-electron chi connectivity index (χ1n) is 8.17. The molecule has 1 aliphatic rings. The zero-order valence-corrected chi connectivity index (χ0v) is 13.5. The first kappa shape index (κ1) is 16.1. The molecular formula is C20H21NO3. The molecule has 0 aromatic heterocycles. The van der Waals surface area contributed by atoms with E-state index in [1.54, 1.807) is 0 Å². The molecule has 3 rings (SSSR count). The van der Waals surface area contributed by atoms with E-state index in [0.29, 0.717) is 19.8 Å². The Hall–Kier alpha value is -2.75. The van der Waals surface area contributed by atoms with Crippen LogP contribution < -0.4 is 5.32 Å². The van der Waals surface area contributed by atoms with Crippen molar-refractivity contribution in [2.45, 2.75) is 12.3 Å². The van der Waals surface area contributed by atoms with Gasteiger partial charge in [0.05, 0.1) is 0 Å². The molecule has 2 aromatic rings. The predicted octanol–water partition coefficient (Wildman–Crippen LogP) is 3.21. The van der Waals surface area contributed by atoms with Crippen LogP contribution in [0.5, 0.6) is 0 Å². The van der Waals surface area contributed by atoms with Gasteiger partial charge in [-0.1, -0.05) is 60.7 Å². The number of hydrogen-bond acceptors (Lipinski definition) is 3. The average Bonchev–Trinajstić information content (AvgIpc) is 2.67. The van der Waals surface area contributed by atoms with Crippen molar-refractivity contribution in [3.8, 4) is 0 Å². The molecule has 0 fully saturated rings. The van der Waals surface area contributed by atoms with E-state index < -0.39 is 0 Å². The highest BCUT2D eigenvalue weighted by Gasteiger charge is 2.17. The molecule has 1 heterocycles. The maximum absolute atomic E-state index is 12.1. The van der Waals surface area contributed by atoms with Gasteiger partial charge in [-0.3, -0.25) is 4.79 Å². The lowest BCUT2D eigenvalue weighted by atomic mass is 9.88. The Morgan fingerprint density at radius 2 is 1.58 bits per heavy atom. The zero-order valence-electron chi connectivity index (χ0n) is 13.5. The minimum Gasteiger partial charge on any atom is -0.494 e. The Bertz CT molecular complexity index is 643. The number of amides is 1. The molecule has 0 saturated carbocycles. The summed E-state index contributed by atoms with van der Waals surface area (Å²) in [7, 11) is 0. The van der Waals surface area contributed by atoms with Gasteiger partial charge in [-0.05, 0) is 17.5 Å². The fourth-order valence-corrected chi connectivity index (χ4v) is 2.80. The van der Waals surface area contributed by atoms with Crippen LogP contribution in [0.4, 0.5) is 0 Å². The predicted molar refractivity (Wildman–Crippen MR) is 92.3 cm³/mol. The van der Waals surface area contributed by atoms with E-state index in [9.17, 15) is 4.79 Å². The van der Waals surface area contributed by atoms with Crippen LogP contribution in [0.25, 0.3) is 0 Å². The number of carbonyl (C=O) groups excluding carboxylic acids is 1. The van der Waals surface area contributed by atoms with E-state index in [4.69, 9.17) is 9.47 Å². The van der Waals surface area contributed by atoms with E-state index in [0.717, 1.165) is 6.42 Å². The maximum atomic E-state index is 12.1. The third-order valence-electron chi connectivity index (χ3n) is 4.00. The standard InChI is InChI=1S/C20H21NO3/c22-20(19-15-23-13-14-24-19)21-12-11-18(16-7-3-1-4-8-16)17-9-5-2-6-10-17/h1-10,15,18H,11-14H2,(H,21,22). The van der Waals surface area contributed by atoms with E-state index >= 15 is 0 Å². The Morgan fingerprint density at radius 1 is 0.958 bits per heavy atom. The van der Waals surface area contributed by atoms with Crippen molar-refractivity contribution in [1.82, 2.24) is 5.32 Å². The Labute approximate surface area is 142 Å². The van der Waals surface area contributed by atoms with Crippen LogP contribution in [0.3, 0.4) is 0 Å². The minimum absolute atomic E-state index is 0.227. The third kappa shape index (κ3) is 4.16. The van der Waals surface area contributed by atoms with E-state index in [2.05, 4.69) is 29.6 Å². The molecule has 1 N–H and O–H groups in total. The van der Waals surface area contributed by atoms with Crippen molar-refractivity contribution in [1.29, 1.82) is 0 Å². The monoisotopic (exact) mass is 323 g/mol. The van der Waals surface area contributed by atoms with Gasteiger partial charge in [0, 0.05) is 12.5 Å². The highest BCUT2D eigenvalue weighted by molar-refractivity contribution is 5.91. The summed E-state index contributed by atoms with van der Waals surface area (Å²) in [6, 6.07) is 20.7. The molecule has 2 aromatic carbocycles. The Balaban J connectivity index is 1.64. The topological polar surface area (TPSA) is 47.6 Å². The number of ether oxygens (including phenoxy) is 2. The summed E-state index contributed by atoms with van der Waals surface area (Å²) in [5.74, 6) is 0.261. The summed E-state index contributed by atoms with van der Waals surface area (Å²) in [6.45, 7) is 1.46. The van der Waals surface area contributed by atoms with Crippen LogP contribution in [0, 0.1) is 0 Å². The number of benzene rings is 2. The van der Waals surface area contributed by atoms with Crippen molar-refractivity contribution in [2.24, 2.45) is 0 Å². The van der Waals surface area contributed by atoms with Gasteiger partial charge < -0.3 is 14.8 Å². The lowest BCUT2D eigenvalue weighted by Gasteiger charge is -2.19. The van der Waals surface area contributed by atoms with Gasteiger partial charge in [-0.15, -0.1) is 0 Å². The normalized spacial score (nSPS) is 13.6. The second-order valence-corrected chi connectivity index (χ2v) is 5.62. The van der Waals surface area contributed by atoms with Gasteiger partial charge in [0.1, 0.15) is 19.5 Å². The quantitative estimate of drug-likeness (QED) is 0.888. The SMILES string of the molecule is O=C(NCCC(c1ccccc1)c1ccccc1)C1=COCCO1. The largest absolute Gasteiger partial charge is 0.494 e. The summed E-state index contributed by atoms with van der Waals surface area (Å²) in [5.41, 5.74) is 2.49. The Kier molecular flexibility index (Phi) is 5.51.